The number of imide groups is 1. The lowest BCUT2D eigenvalue weighted by Gasteiger charge is -2.09. The predicted octanol–water partition coefficient (Wildman–Crippen LogP) is 1.36. The number of rotatable bonds is 4. The summed E-state index contributed by atoms with van der Waals surface area (Å²) in [6.07, 6.45) is 0.947. The zero-order valence-electron chi connectivity index (χ0n) is 9.53. The van der Waals surface area contributed by atoms with Crippen LogP contribution in [0.1, 0.15) is 24.9 Å². The van der Waals surface area contributed by atoms with Gasteiger partial charge in [0.1, 0.15) is 11.8 Å². The first kappa shape index (κ1) is 11.4. The van der Waals surface area contributed by atoms with Gasteiger partial charge < -0.3 is 10.1 Å². The van der Waals surface area contributed by atoms with Crippen LogP contribution in [0.3, 0.4) is 0 Å². The Kier molecular flexibility index (Phi) is 3.27. The van der Waals surface area contributed by atoms with Crippen LogP contribution in [0.5, 0.6) is 5.75 Å². The topological polar surface area (TPSA) is 67.4 Å². The summed E-state index contributed by atoms with van der Waals surface area (Å²) in [5, 5.41) is 4.74. The number of amides is 3. The van der Waals surface area contributed by atoms with Crippen LogP contribution in [0.25, 0.3) is 0 Å². The standard InChI is InChI=1S/C12H14N2O3/c1-2-7-17-9-5-3-8(4-6-9)10-11(15)14-12(16)13-10/h3-6,10H,2,7H2,1H3,(H2,13,14,15,16)/t10-/m0/s1. The Bertz CT molecular complexity index is 428. The summed E-state index contributed by atoms with van der Waals surface area (Å²) >= 11 is 0. The van der Waals surface area contributed by atoms with Crippen molar-refractivity contribution in [2.24, 2.45) is 0 Å². The van der Waals surface area contributed by atoms with E-state index in [4.69, 9.17) is 4.74 Å². The van der Waals surface area contributed by atoms with Crippen LogP contribution in [0.4, 0.5) is 4.79 Å². The second kappa shape index (κ2) is 4.86. The molecule has 2 rings (SSSR count). The molecule has 0 bridgehead atoms. The minimum atomic E-state index is -0.595. The summed E-state index contributed by atoms with van der Waals surface area (Å²) in [4.78, 5) is 22.4. The molecule has 3 amide bonds. The van der Waals surface area contributed by atoms with E-state index in [0.717, 1.165) is 17.7 Å². The van der Waals surface area contributed by atoms with Gasteiger partial charge in [0.2, 0.25) is 0 Å². The third-order valence-electron chi connectivity index (χ3n) is 2.46. The smallest absolute Gasteiger partial charge is 0.322 e. The number of carbonyl (C=O) groups is 2. The van der Waals surface area contributed by atoms with Crippen LogP contribution in [-0.4, -0.2) is 18.5 Å². The molecule has 0 spiro atoms. The van der Waals surface area contributed by atoms with Gasteiger partial charge in [0, 0.05) is 0 Å². The number of ether oxygens (including phenoxy) is 1. The molecule has 5 heteroatoms. The second-order valence-corrected chi connectivity index (χ2v) is 3.81. The molecule has 0 saturated carbocycles. The van der Waals surface area contributed by atoms with E-state index in [1.54, 1.807) is 24.3 Å². The minimum Gasteiger partial charge on any atom is -0.494 e. The number of benzene rings is 1. The van der Waals surface area contributed by atoms with E-state index in [0.29, 0.717) is 6.61 Å². The van der Waals surface area contributed by atoms with Gasteiger partial charge in [0.25, 0.3) is 5.91 Å². The Morgan fingerprint density at radius 1 is 1.24 bits per heavy atom. The van der Waals surface area contributed by atoms with E-state index in [1.807, 2.05) is 6.92 Å². The molecule has 1 aliphatic heterocycles. The first-order valence-electron chi connectivity index (χ1n) is 5.55. The van der Waals surface area contributed by atoms with E-state index in [-0.39, 0.29) is 5.91 Å². The predicted molar refractivity (Wildman–Crippen MR) is 61.6 cm³/mol. The quantitative estimate of drug-likeness (QED) is 0.773. The lowest BCUT2D eigenvalue weighted by atomic mass is 10.1. The largest absolute Gasteiger partial charge is 0.494 e. The number of hydrogen-bond acceptors (Lipinski definition) is 3. The average Bonchev–Trinajstić information content (AvgIpc) is 2.66. The maximum absolute atomic E-state index is 11.4. The molecular weight excluding hydrogens is 220 g/mol. The van der Waals surface area contributed by atoms with Crippen molar-refractivity contribution in [1.82, 2.24) is 10.6 Å². The summed E-state index contributed by atoms with van der Waals surface area (Å²) in [6, 6.07) is 6.10. The Balaban J connectivity index is 2.07. The molecule has 5 nitrogen and oxygen atoms in total. The first-order chi connectivity index (χ1) is 8.20. The molecular formula is C12H14N2O3. The number of urea groups is 1. The Morgan fingerprint density at radius 2 is 1.94 bits per heavy atom. The van der Waals surface area contributed by atoms with Gasteiger partial charge in [-0.3, -0.25) is 10.1 Å². The van der Waals surface area contributed by atoms with Crippen molar-refractivity contribution in [3.05, 3.63) is 29.8 Å². The molecule has 1 aromatic carbocycles. The zero-order chi connectivity index (χ0) is 12.3. The summed E-state index contributed by atoms with van der Waals surface area (Å²) in [6.45, 7) is 2.70. The maximum atomic E-state index is 11.4. The fourth-order valence-electron chi connectivity index (χ4n) is 1.63. The van der Waals surface area contributed by atoms with Gasteiger partial charge >= 0.3 is 6.03 Å². The van der Waals surface area contributed by atoms with Crippen LogP contribution in [0, 0.1) is 0 Å². The van der Waals surface area contributed by atoms with Gasteiger partial charge in [-0.15, -0.1) is 0 Å². The average molecular weight is 234 g/mol. The molecule has 1 fully saturated rings. The van der Waals surface area contributed by atoms with Crippen molar-refractivity contribution < 1.29 is 14.3 Å². The van der Waals surface area contributed by atoms with Crippen LogP contribution < -0.4 is 15.4 Å². The van der Waals surface area contributed by atoms with Gasteiger partial charge in [-0.25, -0.2) is 4.79 Å². The summed E-state index contributed by atoms with van der Waals surface area (Å²) < 4.78 is 5.43. The number of nitrogens with one attached hydrogen (secondary N) is 2. The summed E-state index contributed by atoms with van der Waals surface area (Å²) in [5.41, 5.74) is 0.747. The third-order valence-corrected chi connectivity index (χ3v) is 2.46. The molecule has 1 atom stereocenters. The molecule has 0 aromatic heterocycles. The highest BCUT2D eigenvalue weighted by atomic mass is 16.5. The minimum absolute atomic E-state index is 0.322. The second-order valence-electron chi connectivity index (χ2n) is 3.81. The molecule has 2 N–H and O–H groups in total. The SMILES string of the molecule is CCCOc1ccc([C@@H]2NC(=O)NC2=O)cc1. The normalized spacial score (nSPS) is 18.8. The lowest BCUT2D eigenvalue weighted by Crippen LogP contribution is -2.22. The van der Waals surface area contributed by atoms with E-state index in [9.17, 15) is 9.59 Å². The monoisotopic (exact) mass is 234 g/mol. The Morgan fingerprint density at radius 3 is 2.47 bits per heavy atom. The van der Waals surface area contributed by atoms with Crippen molar-refractivity contribution in [2.45, 2.75) is 19.4 Å². The van der Waals surface area contributed by atoms with Gasteiger partial charge in [-0.2, -0.15) is 0 Å². The Labute approximate surface area is 99.2 Å². The van der Waals surface area contributed by atoms with Crippen molar-refractivity contribution >= 4 is 11.9 Å². The van der Waals surface area contributed by atoms with E-state index >= 15 is 0 Å². The van der Waals surface area contributed by atoms with Crippen molar-refractivity contribution in [2.75, 3.05) is 6.61 Å². The van der Waals surface area contributed by atoms with E-state index in [1.165, 1.54) is 0 Å². The molecule has 0 radical (unpaired) electrons. The van der Waals surface area contributed by atoms with E-state index in [2.05, 4.69) is 10.6 Å². The first-order valence-corrected chi connectivity index (χ1v) is 5.55. The van der Waals surface area contributed by atoms with Crippen LogP contribution >= 0.6 is 0 Å². The molecule has 1 aliphatic rings. The summed E-state index contributed by atoms with van der Waals surface area (Å²) in [5.74, 6) is 0.442. The van der Waals surface area contributed by atoms with Gasteiger partial charge in [-0.05, 0) is 24.1 Å². The molecule has 1 saturated heterocycles. The summed E-state index contributed by atoms with van der Waals surface area (Å²) in [7, 11) is 0. The lowest BCUT2D eigenvalue weighted by molar-refractivity contribution is -0.120. The van der Waals surface area contributed by atoms with Gasteiger partial charge in [-0.1, -0.05) is 19.1 Å². The highest BCUT2D eigenvalue weighted by Crippen LogP contribution is 2.20. The van der Waals surface area contributed by atoms with Gasteiger partial charge in [0.05, 0.1) is 6.61 Å². The fraction of sp³-hybridized carbons (Fsp3) is 0.333. The van der Waals surface area contributed by atoms with Gasteiger partial charge in [0.15, 0.2) is 0 Å². The van der Waals surface area contributed by atoms with E-state index < -0.39 is 12.1 Å². The van der Waals surface area contributed by atoms with Crippen molar-refractivity contribution in [1.29, 1.82) is 0 Å². The van der Waals surface area contributed by atoms with Crippen molar-refractivity contribution in [3.8, 4) is 5.75 Å². The molecule has 1 aromatic rings. The van der Waals surface area contributed by atoms with Crippen LogP contribution in [-0.2, 0) is 4.79 Å². The molecule has 17 heavy (non-hydrogen) atoms. The Hall–Kier alpha value is -2.04. The van der Waals surface area contributed by atoms with Crippen LogP contribution in [0.2, 0.25) is 0 Å². The zero-order valence-corrected chi connectivity index (χ0v) is 9.53. The number of carbonyl (C=O) groups excluding carboxylic acids is 2. The number of hydrogen-bond donors (Lipinski definition) is 2. The van der Waals surface area contributed by atoms with Crippen molar-refractivity contribution in [3.63, 3.8) is 0 Å². The third kappa shape index (κ3) is 2.55. The highest BCUT2D eigenvalue weighted by Gasteiger charge is 2.30. The maximum Gasteiger partial charge on any atom is 0.322 e. The van der Waals surface area contributed by atoms with Crippen LogP contribution in [0.15, 0.2) is 24.3 Å². The molecule has 0 unspecified atom stereocenters. The molecule has 90 valence electrons. The molecule has 0 aliphatic carbocycles. The highest BCUT2D eigenvalue weighted by molar-refractivity contribution is 6.04. The fourth-order valence-corrected chi connectivity index (χ4v) is 1.63. The molecule has 1 heterocycles.